The van der Waals surface area contributed by atoms with E-state index in [-0.39, 0.29) is 5.41 Å². The fraction of sp³-hybridized carbons (Fsp3) is 0.611. The zero-order chi connectivity index (χ0) is 15.0. The van der Waals surface area contributed by atoms with E-state index in [9.17, 15) is 0 Å². The molecule has 0 bridgehead atoms. The summed E-state index contributed by atoms with van der Waals surface area (Å²) >= 11 is 0. The van der Waals surface area contributed by atoms with Gasteiger partial charge in [0, 0.05) is 17.1 Å². The Hall–Kier alpha value is -1.51. The van der Waals surface area contributed by atoms with Crippen LogP contribution in [0.1, 0.15) is 59.2 Å². The van der Waals surface area contributed by atoms with Gasteiger partial charge in [0.15, 0.2) is 0 Å². The van der Waals surface area contributed by atoms with E-state index in [0.717, 1.165) is 22.8 Å². The number of anilines is 1. The van der Waals surface area contributed by atoms with Crippen molar-refractivity contribution in [2.75, 3.05) is 5.32 Å². The molecule has 1 heterocycles. The molecule has 114 valence electrons. The number of benzene rings is 1. The predicted molar refractivity (Wildman–Crippen MR) is 89.8 cm³/mol. The summed E-state index contributed by atoms with van der Waals surface area (Å²) in [6.45, 7) is 8.87. The second kappa shape index (κ2) is 5.36. The molecule has 0 saturated heterocycles. The van der Waals surface area contributed by atoms with Crippen molar-refractivity contribution < 1.29 is 0 Å². The Morgan fingerprint density at radius 2 is 1.95 bits per heavy atom. The fourth-order valence-corrected chi connectivity index (χ4v) is 3.29. The van der Waals surface area contributed by atoms with Gasteiger partial charge in [-0.1, -0.05) is 33.6 Å². The van der Waals surface area contributed by atoms with Gasteiger partial charge in [-0.25, -0.2) is 4.98 Å². The maximum Gasteiger partial charge on any atom is 0.112 e. The summed E-state index contributed by atoms with van der Waals surface area (Å²) in [5, 5.41) is 3.68. The van der Waals surface area contributed by atoms with Crippen molar-refractivity contribution in [3.63, 3.8) is 0 Å². The summed E-state index contributed by atoms with van der Waals surface area (Å²) in [5.74, 6) is 1.88. The van der Waals surface area contributed by atoms with E-state index >= 15 is 0 Å². The topological polar surface area (TPSA) is 40.7 Å². The van der Waals surface area contributed by atoms with E-state index in [1.807, 2.05) is 0 Å². The van der Waals surface area contributed by atoms with Gasteiger partial charge in [-0.2, -0.15) is 0 Å². The number of H-pyrrole nitrogens is 1. The molecule has 1 atom stereocenters. The molecule has 1 aliphatic carbocycles. The minimum atomic E-state index is 0.0593. The van der Waals surface area contributed by atoms with Crippen LogP contribution in [-0.4, -0.2) is 16.0 Å². The van der Waals surface area contributed by atoms with Gasteiger partial charge in [0.2, 0.25) is 0 Å². The van der Waals surface area contributed by atoms with Gasteiger partial charge in [0.05, 0.1) is 11.0 Å². The highest BCUT2D eigenvalue weighted by atomic mass is 15.0. The summed E-state index contributed by atoms with van der Waals surface area (Å²) < 4.78 is 0. The minimum Gasteiger partial charge on any atom is -0.382 e. The highest BCUT2D eigenvalue weighted by molar-refractivity contribution is 5.79. The number of hydrogen-bond acceptors (Lipinski definition) is 2. The number of rotatable bonds is 3. The Balaban J connectivity index is 1.80. The maximum atomic E-state index is 4.70. The normalized spacial score (nSPS) is 18.3. The van der Waals surface area contributed by atoms with Crippen LogP contribution in [0.5, 0.6) is 0 Å². The minimum absolute atomic E-state index is 0.0593. The Bertz CT molecular complexity index is 615. The average molecular weight is 285 g/mol. The molecule has 1 aromatic carbocycles. The van der Waals surface area contributed by atoms with Gasteiger partial charge in [0.25, 0.3) is 0 Å². The van der Waals surface area contributed by atoms with Crippen molar-refractivity contribution in [1.29, 1.82) is 0 Å². The van der Waals surface area contributed by atoms with Gasteiger partial charge in [-0.05, 0) is 43.9 Å². The second-order valence-electron chi connectivity index (χ2n) is 7.54. The molecule has 0 radical (unpaired) electrons. The number of aromatic nitrogens is 2. The molecule has 3 nitrogen and oxygen atoms in total. The first-order valence-electron chi connectivity index (χ1n) is 8.20. The highest BCUT2D eigenvalue weighted by Crippen LogP contribution is 2.30. The lowest BCUT2D eigenvalue weighted by molar-refractivity contribution is 0.482. The van der Waals surface area contributed by atoms with E-state index in [1.54, 1.807) is 0 Å². The zero-order valence-corrected chi connectivity index (χ0v) is 13.7. The number of fused-ring (bicyclic) bond motifs is 1. The highest BCUT2D eigenvalue weighted by Gasteiger charge is 2.22. The molecule has 2 N–H and O–H groups in total. The molecular formula is C18H27N3. The Labute approximate surface area is 127 Å². The largest absolute Gasteiger partial charge is 0.382 e. The van der Waals surface area contributed by atoms with Gasteiger partial charge in [-0.15, -0.1) is 0 Å². The van der Waals surface area contributed by atoms with Crippen LogP contribution in [0.3, 0.4) is 0 Å². The Morgan fingerprint density at radius 3 is 2.62 bits per heavy atom. The quantitative estimate of drug-likeness (QED) is 0.846. The van der Waals surface area contributed by atoms with Crippen molar-refractivity contribution in [3.8, 4) is 0 Å². The Kier molecular flexibility index (Phi) is 3.68. The van der Waals surface area contributed by atoms with E-state index in [2.05, 4.69) is 56.2 Å². The molecule has 3 heteroatoms. The monoisotopic (exact) mass is 285 g/mol. The van der Waals surface area contributed by atoms with Crippen molar-refractivity contribution in [2.24, 2.45) is 5.92 Å². The van der Waals surface area contributed by atoms with Crippen LogP contribution >= 0.6 is 0 Å². The molecule has 0 aliphatic heterocycles. The number of aromatic amines is 1. The van der Waals surface area contributed by atoms with E-state index < -0.39 is 0 Å². The lowest BCUT2D eigenvalue weighted by Gasteiger charge is -2.21. The van der Waals surface area contributed by atoms with Crippen LogP contribution in [0.15, 0.2) is 18.2 Å². The van der Waals surface area contributed by atoms with Crippen molar-refractivity contribution in [2.45, 2.75) is 64.8 Å². The lowest BCUT2D eigenvalue weighted by atomic mass is 9.96. The third-order valence-corrected chi connectivity index (χ3v) is 4.69. The molecule has 0 amide bonds. The summed E-state index contributed by atoms with van der Waals surface area (Å²) in [6.07, 6.45) is 5.53. The first-order valence-corrected chi connectivity index (χ1v) is 8.20. The third kappa shape index (κ3) is 3.07. The summed E-state index contributed by atoms with van der Waals surface area (Å²) in [4.78, 5) is 8.17. The van der Waals surface area contributed by atoms with Crippen LogP contribution < -0.4 is 5.32 Å². The number of hydrogen-bond donors (Lipinski definition) is 2. The van der Waals surface area contributed by atoms with Crippen molar-refractivity contribution in [3.05, 3.63) is 24.0 Å². The van der Waals surface area contributed by atoms with Crippen molar-refractivity contribution >= 4 is 16.7 Å². The Morgan fingerprint density at radius 1 is 1.24 bits per heavy atom. The molecule has 2 aromatic rings. The molecule has 1 saturated carbocycles. The van der Waals surface area contributed by atoms with Crippen LogP contribution in [0.4, 0.5) is 5.69 Å². The number of nitrogens with zero attached hydrogens (tertiary/aromatic N) is 1. The summed E-state index contributed by atoms with van der Waals surface area (Å²) in [7, 11) is 0. The fourth-order valence-electron chi connectivity index (χ4n) is 3.29. The molecule has 21 heavy (non-hydrogen) atoms. The number of nitrogens with one attached hydrogen (secondary N) is 2. The first kappa shape index (κ1) is 14.4. The van der Waals surface area contributed by atoms with Gasteiger partial charge in [-0.3, -0.25) is 0 Å². The van der Waals surface area contributed by atoms with Crippen LogP contribution in [0, 0.1) is 5.92 Å². The van der Waals surface area contributed by atoms with Gasteiger partial charge in [0.1, 0.15) is 5.82 Å². The molecule has 1 fully saturated rings. The standard InChI is InChI=1S/C18H27N3/c1-12(13-7-5-6-8-13)19-14-9-10-15-16(11-14)21-17(20-15)18(2,3)4/h9-13,19H,5-8H2,1-4H3,(H,20,21). The van der Waals surface area contributed by atoms with Crippen LogP contribution in [0.2, 0.25) is 0 Å². The summed E-state index contributed by atoms with van der Waals surface area (Å²) in [5.41, 5.74) is 3.44. The lowest BCUT2D eigenvalue weighted by Crippen LogP contribution is -2.23. The first-order chi connectivity index (χ1) is 9.93. The molecule has 1 aliphatic rings. The van der Waals surface area contributed by atoms with E-state index in [0.29, 0.717) is 6.04 Å². The average Bonchev–Trinajstić information content (AvgIpc) is 3.06. The van der Waals surface area contributed by atoms with E-state index in [1.165, 1.54) is 31.4 Å². The van der Waals surface area contributed by atoms with Crippen LogP contribution in [0.25, 0.3) is 11.0 Å². The van der Waals surface area contributed by atoms with Crippen LogP contribution in [-0.2, 0) is 5.41 Å². The number of imidazole rings is 1. The molecule has 1 unspecified atom stereocenters. The van der Waals surface area contributed by atoms with Crippen molar-refractivity contribution in [1.82, 2.24) is 9.97 Å². The van der Waals surface area contributed by atoms with Gasteiger partial charge >= 0.3 is 0 Å². The zero-order valence-electron chi connectivity index (χ0n) is 13.7. The smallest absolute Gasteiger partial charge is 0.112 e. The third-order valence-electron chi connectivity index (χ3n) is 4.69. The molecular weight excluding hydrogens is 258 g/mol. The predicted octanol–water partition coefficient (Wildman–Crippen LogP) is 4.85. The molecule has 1 aromatic heterocycles. The molecule has 3 rings (SSSR count). The van der Waals surface area contributed by atoms with E-state index in [4.69, 9.17) is 4.98 Å². The summed E-state index contributed by atoms with van der Waals surface area (Å²) in [6, 6.07) is 7.02. The van der Waals surface area contributed by atoms with Gasteiger partial charge < -0.3 is 10.3 Å². The maximum absolute atomic E-state index is 4.70. The molecule has 0 spiro atoms. The SMILES string of the molecule is CC(Nc1ccc2nc(C(C)(C)C)[nH]c2c1)C1CCCC1. The second-order valence-corrected chi connectivity index (χ2v) is 7.54.